The van der Waals surface area contributed by atoms with Crippen molar-refractivity contribution in [3.05, 3.63) is 29.3 Å². The molecular weight excluding hydrogens is 302 g/mol. The lowest BCUT2D eigenvalue weighted by Gasteiger charge is -2.21. The summed E-state index contributed by atoms with van der Waals surface area (Å²) in [5.74, 6) is -0.0791. The molecular formula is C16H25NO6. The van der Waals surface area contributed by atoms with Crippen molar-refractivity contribution in [2.75, 3.05) is 6.54 Å². The molecule has 0 aliphatic rings. The van der Waals surface area contributed by atoms with E-state index in [1.165, 1.54) is 18.2 Å². The highest BCUT2D eigenvalue weighted by atomic mass is 16.6. The number of aliphatic hydroxyl groups excluding tert-OH is 3. The van der Waals surface area contributed by atoms with Crippen LogP contribution in [0.5, 0.6) is 5.75 Å². The van der Waals surface area contributed by atoms with E-state index in [1.807, 2.05) is 0 Å². The quantitative estimate of drug-likeness (QED) is 0.535. The van der Waals surface area contributed by atoms with Gasteiger partial charge in [-0.3, -0.25) is 0 Å². The highest BCUT2D eigenvalue weighted by Gasteiger charge is 2.20. The predicted octanol–water partition coefficient (Wildman–Crippen LogP) is 1.19. The van der Waals surface area contributed by atoms with E-state index in [4.69, 9.17) is 9.84 Å². The molecule has 0 radical (unpaired) electrons. The molecule has 1 amide bonds. The largest absolute Gasteiger partial charge is 0.508 e. The lowest BCUT2D eigenvalue weighted by atomic mass is 10.00. The second kappa shape index (κ2) is 8.14. The summed E-state index contributed by atoms with van der Waals surface area (Å²) in [6.07, 6.45) is -2.77. The third-order valence-electron chi connectivity index (χ3n) is 3.09. The summed E-state index contributed by atoms with van der Waals surface area (Å²) >= 11 is 0. The fourth-order valence-electron chi connectivity index (χ4n) is 1.93. The fourth-order valence-corrected chi connectivity index (χ4v) is 1.93. The zero-order valence-electron chi connectivity index (χ0n) is 13.6. The Bertz CT molecular complexity index is 526. The van der Waals surface area contributed by atoms with Crippen LogP contribution in [0.2, 0.25) is 0 Å². The summed E-state index contributed by atoms with van der Waals surface area (Å²) in [5, 5.41) is 41.2. The molecule has 2 atom stereocenters. The van der Waals surface area contributed by atoms with Gasteiger partial charge in [0.1, 0.15) is 17.5 Å². The molecule has 7 nitrogen and oxygen atoms in total. The molecule has 0 bridgehead atoms. The van der Waals surface area contributed by atoms with Gasteiger partial charge in [-0.05, 0) is 44.9 Å². The SMILES string of the molecule is CC(C)(C)OC(=O)NCCC(O)C(O)c1ccc(O)c(CO)c1. The smallest absolute Gasteiger partial charge is 0.407 e. The first-order valence-corrected chi connectivity index (χ1v) is 7.39. The molecule has 0 heterocycles. The first kappa shape index (κ1) is 19.2. The van der Waals surface area contributed by atoms with Crippen LogP contribution in [0.15, 0.2) is 18.2 Å². The summed E-state index contributed by atoms with van der Waals surface area (Å²) in [5.41, 5.74) is 0.0341. The molecule has 5 N–H and O–H groups in total. The van der Waals surface area contributed by atoms with Crippen molar-refractivity contribution in [3.63, 3.8) is 0 Å². The van der Waals surface area contributed by atoms with Gasteiger partial charge >= 0.3 is 6.09 Å². The van der Waals surface area contributed by atoms with Crippen molar-refractivity contribution >= 4 is 6.09 Å². The van der Waals surface area contributed by atoms with Crippen molar-refractivity contribution in [1.82, 2.24) is 5.32 Å². The number of carbonyl (C=O) groups is 1. The summed E-state index contributed by atoms with van der Waals surface area (Å²) < 4.78 is 5.06. The first-order chi connectivity index (χ1) is 10.6. The van der Waals surface area contributed by atoms with Crippen LogP contribution in [0.4, 0.5) is 4.79 Å². The van der Waals surface area contributed by atoms with E-state index in [9.17, 15) is 20.1 Å². The molecule has 0 saturated heterocycles. The molecule has 130 valence electrons. The molecule has 0 aliphatic heterocycles. The van der Waals surface area contributed by atoms with Gasteiger partial charge in [-0.1, -0.05) is 6.07 Å². The van der Waals surface area contributed by atoms with Gasteiger partial charge < -0.3 is 30.5 Å². The van der Waals surface area contributed by atoms with Crippen LogP contribution in [0, 0.1) is 0 Å². The molecule has 0 fully saturated rings. The molecule has 0 aliphatic carbocycles. The van der Waals surface area contributed by atoms with Crippen molar-refractivity contribution in [2.45, 2.75) is 51.6 Å². The Kier molecular flexibility index (Phi) is 6.80. The number of ether oxygens (including phenoxy) is 1. The summed E-state index contributed by atoms with van der Waals surface area (Å²) in [4.78, 5) is 11.5. The first-order valence-electron chi connectivity index (χ1n) is 7.39. The highest BCUT2D eigenvalue weighted by Crippen LogP contribution is 2.25. The molecule has 7 heteroatoms. The summed E-state index contributed by atoms with van der Waals surface area (Å²) in [7, 11) is 0. The number of phenols is 1. The van der Waals surface area contributed by atoms with E-state index >= 15 is 0 Å². The van der Waals surface area contributed by atoms with E-state index in [1.54, 1.807) is 20.8 Å². The van der Waals surface area contributed by atoms with Gasteiger partial charge in [0.2, 0.25) is 0 Å². The van der Waals surface area contributed by atoms with Gasteiger partial charge in [-0.2, -0.15) is 0 Å². The van der Waals surface area contributed by atoms with E-state index < -0.39 is 23.9 Å². The van der Waals surface area contributed by atoms with Gasteiger partial charge in [0.05, 0.1) is 12.7 Å². The minimum atomic E-state index is -1.19. The number of benzene rings is 1. The Morgan fingerprint density at radius 3 is 2.52 bits per heavy atom. The monoisotopic (exact) mass is 327 g/mol. The van der Waals surface area contributed by atoms with Gasteiger partial charge in [0.25, 0.3) is 0 Å². The van der Waals surface area contributed by atoms with Crippen LogP contribution in [0.25, 0.3) is 0 Å². The average molecular weight is 327 g/mol. The Morgan fingerprint density at radius 2 is 1.96 bits per heavy atom. The second-order valence-corrected chi connectivity index (χ2v) is 6.28. The highest BCUT2D eigenvalue weighted by molar-refractivity contribution is 5.67. The average Bonchev–Trinajstić information content (AvgIpc) is 2.45. The van der Waals surface area contributed by atoms with E-state index in [-0.39, 0.29) is 30.9 Å². The number of carbonyl (C=O) groups excluding carboxylic acids is 1. The van der Waals surface area contributed by atoms with Crippen LogP contribution in [-0.4, -0.2) is 44.8 Å². The molecule has 1 rings (SSSR count). The van der Waals surface area contributed by atoms with Crippen molar-refractivity contribution < 1.29 is 30.0 Å². The van der Waals surface area contributed by atoms with E-state index in [2.05, 4.69) is 5.32 Å². The second-order valence-electron chi connectivity index (χ2n) is 6.28. The van der Waals surface area contributed by atoms with Gasteiger partial charge in [-0.15, -0.1) is 0 Å². The summed E-state index contributed by atoms with van der Waals surface area (Å²) in [6, 6.07) is 4.23. The van der Waals surface area contributed by atoms with Crippen LogP contribution in [-0.2, 0) is 11.3 Å². The summed E-state index contributed by atoms with van der Waals surface area (Å²) in [6.45, 7) is 5.00. The van der Waals surface area contributed by atoms with E-state index in [0.29, 0.717) is 5.56 Å². The predicted molar refractivity (Wildman–Crippen MR) is 83.8 cm³/mol. The topological polar surface area (TPSA) is 119 Å². The van der Waals surface area contributed by atoms with Crippen molar-refractivity contribution in [3.8, 4) is 5.75 Å². The van der Waals surface area contributed by atoms with Crippen LogP contribution >= 0.6 is 0 Å². The lowest BCUT2D eigenvalue weighted by Crippen LogP contribution is -2.34. The Labute approximate surface area is 135 Å². The maximum absolute atomic E-state index is 11.5. The number of aromatic hydroxyl groups is 1. The maximum atomic E-state index is 11.5. The standard InChI is InChI=1S/C16H25NO6/c1-16(2,3)23-15(22)17-7-6-13(20)14(21)10-4-5-12(19)11(8-10)9-18/h4-5,8,13-14,18-21H,6-7,9H2,1-3H3,(H,17,22). The fraction of sp³-hybridized carbons (Fsp3) is 0.562. The number of alkyl carbamates (subject to hydrolysis) is 1. The molecule has 0 aromatic heterocycles. The van der Waals surface area contributed by atoms with Crippen LogP contribution in [0.1, 0.15) is 44.4 Å². The van der Waals surface area contributed by atoms with Gasteiger partial charge in [0.15, 0.2) is 0 Å². The number of hydrogen-bond acceptors (Lipinski definition) is 6. The number of hydrogen-bond donors (Lipinski definition) is 5. The third kappa shape index (κ3) is 6.43. The molecule has 0 spiro atoms. The minimum Gasteiger partial charge on any atom is -0.508 e. The molecule has 0 saturated carbocycles. The number of amides is 1. The minimum absolute atomic E-state index is 0.0791. The lowest BCUT2D eigenvalue weighted by molar-refractivity contribution is 0.0122. The number of aliphatic hydroxyl groups is 3. The van der Waals surface area contributed by atoms with Crippen LogP contribution in [0.3, 0.4) is 0 Å². The maximum Gasteiger partial charge on any atom is 0.407 e. The Hall–Kier alpha value is -1.83. The Balaban J connectivity index is 2.51. The van der Waals surface area contributed by atoms with Crippen LogP contribution < -0.4 is 5.32 Å². The third-order valence-corrected chi connectivity index (χ3v) is 3.09. The normalized spacial score (nSPS) is 14.2. The molecule has 1 aromatic carbocycles. The van der Waals surface area contributed by atoms with Gasteiger partial charge in [0, 0.05) is 12.1 Å². The van der Waals surface area contributed by atoms with Crippen molar-refractivity contribution in [1.29, 1.82) is 0 Å². The molecule has 1 aromatic rings. The zero-order chi connectivity index (χ0) is 17.6. The van der Waals surface area contributed by atoms with E-state index in [0.717, 1.165) is 0 Å². The number of nitrogens with one attached hydrogen (secondary N) is 1. The zero-order valence-corrected chi connectivity index (χ0v) is 13.6. The molecule has 23 heavy (non-hydrogen) atoms. The Morgan fingerprint density at radius 1 is 1.30 bits per heavy atom. The van der Waals surface area contributed by atoms with Crippen molar-refractivity contribution in [2.24, 2.45) is 0 Å². The number of rotatable bonds is 6. The van der Waals surface area contributed by atoms with Gasteiger partial charge in [-0.25, -0.2) is 4.79 Å². The molecule has 2 unspecified atom stereocenters.